The molecule has 3 aromatic carbocycles. The molecule has 1 saturated carbocycles. The van der Waals surface area contributed by atoms with E-state index in [0.29, 0.717) is 17.9 Å². The molecule has 376 valence electrons. The summed E-state index contributed by atoms with van der Waals surface area (Å²) >= 11 is 0. The number of aromatic hydroxyl groups is 1. The second-order valence-electron chi connectivity index (χ2n) is 19.7. The first kappa shape index (κ1) is 55.5. The molecule has 0 aliphatic heterocycles. The number of nitrogens with two attached hydrogens (primary N) is 1. The number of carbonyl (C=O) groups is 7. The molecule has 0 spiro atoms. The summed E-state index contributed by atoms with van der Waals surface area (Å²) in [6.07, 6.45) is 6.25. The van der Waals surface area contributed by atoms with E-state index in [1.165, 1.54) is 37.9 Å². The molecule has 69 heavy (non-hydrogen) atoms. The van der Waals surface area contributed by atoms with Crippen molar-refractivity contribution in [3.05, 3.63) is 90.0 Å². The average molecular weight is 952 g/mol. The Kier molecular flexibility index (Phi) is 21.9. The van der Waals surface area contributed by atoms with Gasteiger partial charge in [-0.3, -0.25) is 33.6 Å². The van der Waals surface area contributed by atoms with Crippen molar-refractivity contribution in [2.24, 2.45) is 29.4 Å². The van der Waals surface area contributed by atoms with Gasteiger partial charge in [0.15, 0.2) is 5.78 Å². The number of phenolic OH excluding ortho intramolecular Hbond substituents is 1. The van der Waals surface area contributed by atoms with Crippen molar-refractivity contribution in [2.75, 3.05) is 13.6 Å². The van der Waals surface area contributed by atoms with Crippen LogP contribution in [0.3, 0.4) is 0 Å². The summed E-state index contributed by atoms with van der Waals surface area (Å²) in [7, 11) is 1.43. The Morgan fingerprint density at radius 2 is 1.10 bits per heavy atom. The summed E-state index contributed by atoms with van der Waals surface area (Å²) in [5, 5.41) is 24.2. The van der Waals surface area contributed by atoms with Gasteiger partial charge in [-0.15, -0.1) is 0 Å². The quantitative estimate of drug-likeness (QED) is 0.0579. The van der Waals surface area contributed by atoms with Gasteiger partial charge < -0.3 is 42.3 Å². The van der Waals surface area contributed by atoms with Crippen LogP contribution in [0.4, 0.5) is 0 Å². The van der Waals surface area contributed by atoms with Crippen LogP contribution >= 0.6 is 0 Å². The predicted molar refractivity (Wildman–Crippen MR) is 268 cm³/mol. The van der Waals surface area contributed by atoms with E-state index in [0.717, 1.165) is 48.8 Å². The van der Waals surface area contributed by atoms with E-state index < -0.39 is 71.7 Å². The molecular formula is C54H77N7O8. The molecule has 15 heteroatoms. The van der Waals surface area contributed by atoms with Crippen molar-refractivity contribution in [3.8, 4) is 16.9 Å². The van der Waals surface area contributed by atoms with E-state index in [1.807, 2.05) is 82.3 Å². The van der Waals surface area contributed by atoms with Gasteiger partial charge in [-0.05, 0) is 91.8 Å². The Hall–Kier alpha value is -6.09. The molecule has 0 radical (unpaired) electrons. The fraction of sp³-hybridized carbons (Fsp3) is 0.537. The first-order valence-electron chi connectivity index (χ1n) is 24.7. The maximum atomic E-state index is 14.6. The highest BCUT2D eigenvalue weighted by atomic mass is 16.3. The fourth-order valence-corrected chi connectivity index (χ4v) is 8.53. The number of nitrogens with one attached hydrogen (secondary N) is 5. The molecule has 0 aromatic heterocycles. The van der Waals surface area contributed by atoms with Crippen LogP contribution in [0.5, 0.6) is 5.75 Å². The van der Waals surface area contributed by atoms with Gasteiger partial charge in [-0.25, -0.2) is 0 Å². The molecule has 1 aliphatic carbocycles. The minimum absolute atomic E-state index is 0.0109. The molecule has 8 N–H and O–H groups in total. The number of ketones is 1. The Balaban J connectivity index is 1.54. The third-order valence-electron chi connectivity index (χ3n) is 13.4. The maximum Gasteiger partial charge on any atom is 0.245 e. The van der Waals surface area contributed by atoms with Crippen LogP contribution in [0.1, 0.15) is 111 Å². The zero-order chi connectivity index (χ0) is 50.8. The van der Waals surface area contributed by atoms with Gasteiger partial charge in [0.2, 0.25) is 35.4 Å². The van der Waals surface area contributed by atoms with Crippen LogP contribution < -0.4 is 32.3 Å². The number of hydrogen-bond donors (Lipinski definition) is 7. The normalized spacial score (nSPS) is 15.9. The highest BCUT2D eigenvalue weighted by molar-refractivity contribution is 5.97. The number of amides is 6. The minimum atomic E-state index is -1.23. The molecule has 7 atom stereocenters. The van der Waals surface area contributed by atoms with Crippen LogP contribution in [0.2, 0.25) is 0 Å². The van der Waals surface area contributed by atoms with Gasteiger partial charge in [-0.2, -0.15) is 0 Å². The second-order valence-corrected chi connectivity index (χ2v) is 19.7. The second kappa shape index (κ2) is 27.2. The molecule has 0 bridgehead atoms. The van der Waals surface area contributed by atoms with Gasteiger partial charge in [0, 0.05) is 25.8 Å². The number of Topliss-reactive ketones (excluding diaryl/α,β-unsaturated/α-hetero) is 1. The standard InChI is InChI=1S/C54H77N7O8/c1-33(2)29-46(52(67)56-44(27-28-55)51(66)57-45(37(7)62)30-38-15-11-9-12-16-38)59-50(65)36(6)61(8)54(69)48(32-40-21-25-43(63)26-22-40)60-53(68)47(58-49(64)35(5)34(3)4)31-39-19-23-42(24-20-39)41-17-13-10-14-18-41/h10,13-14,17-26,33-36,38,44-48,63H,9,11-12,15-16,27-32,55H2,1-8H3,(H,56,67)(H,57,66)(H,58,64)(H,59,65)(H,60,68)/t35-,36-,44-,45-,46+,47-,48-/m0/s1. The lowest BCUT2D eigenvalue weighted by Gasteiger charge is -2.31. The molecule has 4 rings (SSSR count). The maximum absolute atomic E-state index is 14.6. The number of phenols is 1. The third-order valence-corrected chi connectivity index (χ3v) is 13.4. The Labute approximate surface area is 408 Å². The molecule has 0 unspecified atom stereocenters. The first-order valence-corrected chi connectivity index (χ1v) is 24.7. The molecule has 15 nitrogen and oxygen atoms in total. The average Bonchev–Trinajstić information content (AvgIpc) is 3.33. The summed E-state index contributed by atoms with van der Waals surface area (Å²) in [5.41, 5.74) is 9.28. The molecule has 1 fully saturated rings. The minimum Gasteiger partial charge on any atom is -0.508 e. The summed E-state index contributed by atoms with van der Waals surface area (Å²) < 4.78 is 0. The monoisotopic (exact) mass is 952 g/mol. The fourth-order valence-electron chi connectivity index (χ4n) is 8.53. The SMILES string of the molecule is CC(=O)[C@H](CC1CCCCC1)NC(=O)[C@H](CCN)NC(=O)[C@@H](CC(C)C)NC(=O)[C@H](C)N(C)C(=O)[C@H](Cc1ccc(O)cc1)NC(=O)[C@H](Cc1ccc(-c2ccccc2)cc1)NC(=O)[C@@H](C)C(C)C. The van der Waals surface area contributed by atoms with Crippen molar-refractivity contribution in [2.45, 2.75) is 149 Å². The van der Waals surface area contributed by atoms with Crippen LogP contribution in [-0.2, 0) is 46.4 Å². The number of nitrogens with zero attached hydrogens (tertiary/aromatic N) is 1. The van der Waals surface area contributed by atoms with E-state index in [1.54, 1.807) is 19.1 Å². The summed E-state index contributed by atoms with van der Waals surface area (Å²) in [5.74, 6) is -3.68. The predicted octanol–water partition coefficient (Wildman–Crippen LogP) is 5.36. The molecule has 0 heterocycles. The van der Waals surface area contributed by atoms with Crippen molar-refractivity contribution < 1.29 is 38.7 Å². The Morgan fingerprint density at radius 3 is 1.67 bits per heavy atom. The van der Waals surface area contributed by atoms with Crippen molar-refractivity contribution in [1.82, 2.24) is 31.5 Å². The van der Waals surface area contributed by atoms with E-state index in [9.17, 15) is 38.7 Å². The van der Waals surface area contributed by atoms with Crippen molar-refractivity contribution >= 4 is 41.2 Å². The van der Waals surface area contributed by atoms with Crippen LogP contribution in [0.15, 0.2) is 78.9 Å². The highest BCUT2D eigenvalue weighted by Gasteiger charge is 2.35. The van der Waals surface area contributed by atoms with Gasteiger partial charge >= 0.3 is 0 Å². The number of likely N-dealkylation sites (N-methyl/N-ethyl adjacent to an activating group) is 1. The first-order chi connectivity index (χ1) is 32.8. The van der Waals surface area contributed by atoms with Crippen LogP contribution in [-0.4, -0.2) is 101 Å². The van der Waals surface area contributed by atoms with Gasteiger partial charge in [0.25, 0.3) is 0 Å². The number of hydrogen-bond acceptors (Lipinski definition) is 9. The third kappa shape index (κ3) is 17.4. The van der Waals surface area contributed by atoms with Gasteiger partial charge in [0.05, 0.1) is 6.04 Å². The van der Waals surface area contributed by atoms with E-state index >= 15 is 0 Å². The Morgan fingerprint density at radius 1 is 0.609 bits per heavy atom. The number of benzene rings is 3. The van der Waals surface area contributed by atoms with E-state index in [4.69, 9.17) is 5.73 Å². The van der Waals surface area contributed by atoms with Crippen molar-refractivity contribution in [3.63, 3.8) is 0 Å². The van der Waals surface area contributed by atoms with Gasteiger partial charge in [0.1, 0.15) is 36.0 Å². The topological polar surface area (TPSA) is 229 Å². The highest BCUT2D eigenvalue weighted by Crippen LogP contribution is 2.28. The largest absolute Gasteiger partial charge is 0.508 e. The van der Waals surface area contributed by atoms with E-state index in [2.05, 4.69) is 26.6 Å². The number of rotatable bonds is 25. The van der Waals surface area contributed by atoms with Gasteiger partial charge in [-0.1, -0.05) is 133 Å². The zero-order valence-corrected chi connectivity index (χ0v) is 41.9. The van der Waals surface area contributed by atoms with Crippen LogP contribution in [0.25, 0.3) is 11.1 Å². The van der Waals surface area contributed by atoms with Crippen molar-refractivity contribution in [1.29, 1.82) is 0 Å². The lowest BCUT2D eigenvalue weighted by Crippen LogP contribution is -2.60. The summed E-state index contributed by atoms with van der Waals surface area (Å²) in [4.78, 5) is 98.0. The smallest absolute Gasteiger partial charge is 0.245 e. The number of carbonyl (C=O) groups excluding carboxylic acids is 7. The van der Waals surface area contributed by atoms with E-state index in [-0.39, 0.29) is 61.5 Å². The lowest BCUT2D eigenvalue weighted by atomic mass is 9.84. The molecule has 3 aromatic rings. The molecular weight excluding hydrogens is 875 g/mol. The summed E-state index contributed by atoms with van der Waals surface area (Å²) in [6.45, 7) is 12.4. The van der Waals surface area contributed by atoms with Crippen LogP contribution in [0, 0.1) is 23.7 Å². The Bertz CT molecular complexity index is 2160. The lowest BCUT2D eigenvalue weighted by molar-refractivity contribution is -0.142. The molecule has 1 aliphatic rings. The summed E-state index contributed by atoms with van der Waals surface area (Å²) in [6, 6.07) is 17.4. The zero-order valence-electron chi connectivity index (χ0n) is 41.9. The molecule has 6 amide bonds. The molecule has 0 saturated heterocycles.